The molecule has 80 valence electrons. The van der Waals surface area contributed by atoms with Crippen LogP contribution in [0.15, 0.2) is 12.1 Å². The van der Waals surface area contributed by atoms with Gasteiger partial charge in [-0.15, -0.1) is 5.10 Å². The molecule has 1 unspecified atom stereocenters. The van der Waals surface area contributed by atoms with E-state index in [0.717, 1.165) is 18.8 Å². The van der Waals surface area contributed by atoms with Crippen LogP contribution in [0.4, 0.5) is 0 Å². The third kappa shape index (κ3) is 1.59. The molecule has 2 bridgehead atoms. The van der Waals surface area contributed by atoms with Gasteiger partial charge in [0.05, 0.1) is 5.69 Å². The van der Waals surface area contributed by atoms with Crippen LogP contribution < -0.4 is 10.1 Å². The summed E-state index contributed by atoms with van der Waals surface area (Å²) < 4.78 is 5.86. The molecule has 2 aliphatic rings. The fourth-order valence-electron chi connectivity index (χ4n) is 2.48. The van der Waals surface area contributed by atoms with Crippen molar-refractivity contribution in [2.24, 2.45) is 11.8 Å². The van der Waals surface area contributed by atoms with Gasteiger partial charge in [0, 0.05) is 31.0 Å². The number of piperidine rings is 2. The molecule has 3 rings (SSSR count). The van der Waals surface area contributed by atoms with Gasteiger partial charge in [-0.1, -0.05) is 0 Å². The van der Waals surface area contributed by atoms with Crippen LogP contribution in [-0.4, -0.2) is 29.4 Å². The van der Waals surface area contributed by atoms with Crippen LogP contribution >= 0.6 is 0 Å². The van der Waals surface area contributed by atoms with E-state index in [1.165, 1.54) is 6.42 Å². The second kappa shape index (κ2) is 3.45. The first kappa shape index (κ1) is 9.09. The Morgan fingerprint density at radius 3 is 2.67 bits per heavy atom. The molecule has 1 aromatic heterocycles. The fraction of sp³-hybridized carbons (Fsp3) is 0.636. The molecule has 2 heterocycles. The van der Waals surface area contributed by atoms with Crippen LogP contribution in [0, 0.1) is 18.8 Å². The average molecular weight is 205 g/mol. The lowest BCUT2D eigenvalue weighted by molar-refractivity contribution is -0.0475. The number of rotatable bonds is 2. The van der Waals surface area contributed by atoms with E-state index in [4.69, 9.17) is 4.74 Å². The molecule has 2 fully saturated rings. The van der Waals surface area contributed by atoms with E-state index in [9.17, 15) is 0 Å². The summed E-state index contributed by atoms with van der Waals surface area (Å²) in [7, 11) is 0. The van der Waals surface area contributed by atoms with Gasteiger partial charge in [-0.25, -0.2) is 0 Å². The van der Waals surface area contributed by atoms with Crippen molar-refractivity contribution in [2.75, 3.05) is 13.1 Å². The van der Waals surface area contributed by atoms with Crippen molar-refractivity contribution in [1.82, 2.24) is 15.5 Å². The van der Waals surface area contributed by atoms with Crippen LogP contribution in [0.5, 0.6) is 5.88 Å². The molecule has 3 atom stereocenters. The largest absolute Gasteiger partial charge is 0.473 e. The quantitative estimate of drug-likeness (QED) is 0.774. The second-order valence-corrected chi connectivity index (χ2v) is 4.51. The highest BCUT2D eigenvalue weighted by molar-refractivity contribution is 5.12. The number of nitrogens with one attached hydrogen (secondary N) is 1. The molecule has 1 aliphatic heterocycles. The molecule has 1 saturated carbocycles. The highest BCUT2D eigenvalue weighted by Gasteiger charge is 2.45. The summed E-state index contributed by atoms with van der Waals surface area (Å²) in [6, 6.07) is 3.85. The summed E-state index contributed by atoms with van der Waals surface area (Å²) in [5.74, 6) is 2.01. The number of aryl methyl sites for hydroxylation is 1. The Morgan fingerprint density at radius 1 is 1.27 bits per heavy atom. The molecule has 0 spiro atoms. The van der Waals surface area contributed by atoms with Crippen molar-refractivity contribution < 1.29 is 4.74 Å². The predicted molar refractivity (Wildman–Crippen MR) is 55.7 cm³/mol. The molecule has 0 amide bonds. The number of hydrogen-bond donors (Lipinski definition) is 1. The Labute approximate surface area is 89.0 Å². The van der Waals surface area contributed by atoms with Crippen LogP contribution in [0.1, 0.15) is 12.1 Å². The third-order valence-corrected chi connectivity index (χ3v) is 3.38. The first-order chi connectivity index (χ1) is 7.33. The van der Waals surface area contributed by atoms with E-state index in [1.807, 2.05) is 19.1 Å². The van der Waals surface area contributed by atoms with Gasteiger partial charge >= 0.3 is 0 Å². The molecule has 1 aliphatic carbocycles. The lowest BCUT2D eigenvalue weighted by Gasteiger charge is -2.48. The minimum absolute atomic E-state index is 0.364. The molecule has 1 aromatic rings. The summed E-state index contributed by atoms with van der Waals surface area (Å²) in [5, 5.41) is 11.4. The second-order valence-electron chi connectivity index (χ2n) is 4.51. The summed E-state index contributed by atoms with van der Waals surface area (Å²) in [6.07, 6.45) is 1.67. The van der Waals surface area contributed by atoms with Gasteiger partial charge in [0.25, 0.3) is 0 Å². The van der Waals surface area contributed by atoms with Crippen molar-refractivity contribution in [3.63, 3.8) is 0 Å². The van der Waals surface area contributed by atoms with E-state index in [1.54, 1.807) is 0 Å². The molecule has 0 aromatic carbocycles. The number of hydrogen-bond acceptors (Lipinski definition) is 4. The Morgan fingerprint density at radius 2 is 2.07 bits per heavy atom. The lowest BCUT2D eigenvalue weighted by atomic mass is 9.69. The standard InChI is InChI=1S/C11H15N3O/c1-7-2-3-10(14-13-7)15-11-8-4-9(11)6-12-5-8/h2-3,8-9,11-12H,4-6H2,1H3/t8-,9+,11?. The molecular formula is C11H15N3O. The maximum atomic E-state index is 5.86. The van der Waals surface area contributed by atoms with Crippen LogP contribution in [0.25, 0.3) is 0 Å². The maximum absolute atomic E-state index is 5.86. The predicted octanol–water partition coefficient (Wildman–Crippen LogP) is 0.772. The topological polar surface area (TPSA) is 47.0 Å². The van der Waals surface area contributed by atoms with Crippen molar-refractivity contribution in [3.05, 3.63) is 17.8 Å². The summed E-state index contributed by atoms with van der Waals surface area (Å²) in [5.41, 5.74) is 0.929. The Kier molecular flexibility index (Phi) is 2.09. The third-order valence-electron chi connectivity index (χ3n) is 3.38. The number of aromatic nitrogens is 2. The zero-order valence-electron chi connectivity index (χ0n) is 8.81. The molecule has 15 heavy (non-hydrogen) atoms. The molecule has 4 nitrogen and oxygen atoms in total. The van der Waals surface area contributed by atoms with Crippen molar-refractivity contribution in [3.8, 4) is 5.88 Å². The van der Waals surface area contributed by atoms with Gasteiger partial charge in [0.1, 0.15) is 6.10 Å². The highest BCUT2D eigenvalue weighted by atomic mass is 16.5. The zero-order chi connectivity index (χ0) is 10.3. The molecule has 0 radical (unpaired) electrons. The van der Waals surface area contributed by atoms with Gasteiger partial charge in [-0.2, -0.15) is 5.10 Å². The monoisotopic (exact) mass is 205 g/mol. The van der Waals surface area contributed by atoms with Gasteiger partial charge in [-0.3, -0.25) is 0 Å². The van der Waals surface area contributed by atoms with E-state index in [0.29, 0.717) is 23.8 Å². The molecular weight excluding hydrogens is 190 g/mol. The van der Waals surface area contributed by atoms with Gasteiger partial charge in [-0.05, 0) is 19.4 Å². The van der Waals surface area contributed by atoms with Crippen molar-refractivity contribution in [1.29, 1.82) is 0 Å². The lowest BCUT2D eigenvalue weighted by Crippen LogP contribution is -2.59. The first-order valence-corrected chi connectivity index (χ1v) is 5.50. The molecule has 4 heteroatoms. The van der Waals surface area contributed by atoms with Gasteiger partial charge in [0.15, 0.2) is 0 Å². The number of fused-ring (bicyclic) bond motifs is 2. The smallest absolute Gasteiger partial charge is 0.233 e. The van der Waals surface area contributed by atoms with E-state index in [-0.39, 0.29) is 0 Å². The number of ether oxygens (including phenoxy) is 1. The van der Waals surface area contributed by atoms with Crippen molar-refractivity contribution in [2.45, 2.75) is 19.4 Å². The van der Waals surface area contributed by atoms with Gasteiger partial charge < -0.3 is 10.1 Å². The zero-order valence-corrected chi connectivity index (χ0v) is 8.81. The van der Waals surface area contributed by atoms with E-state index < -0.39 is 0 Å². The van der Waals surface area contributed by atoms with E-state index in [2.05, 4.69) is 15.5 Å². The van der Waals surface area contributed by atoms with Crippen molar-refractivity contribution >= 4 is 0 Å². The summed E-state index contributed by atoms with van der Waals surface area (Å²) >= 11 is 0. The van der Waals surface area contributed by atoms with Crippen LogP contribution in [0.3, 0.4) is 0 Å². The number of nitrogens with zero attached hydrogens (tertiary/aromatic N) is 2. The van der Waals surface area contributed by atoms with Crippen LogP contribution in [0.2, 0.25) is 0 Å². The SMILES string of the molecule is Cc1ccc(OC2[C@@H]3CNC[C@H]2C3)nn1. The Bertz CT molecular complexity index is 337. The first-order valence-electron chi connectivity index (χ1n) is 5.50. The average Bonchev–Trinajstić information content (AvgIpc) is 2.29. The van der Waals surface area contributed by atoms with E-state index >= 15 is 0 Å². The minimum Gasteiger partial charge on any atom is -0.473 e. The Balaban J connectivity index is 1.68. The Hall–Kier alpha value is -1.16. The summed E-state index contributed by atoms with van der Waals surface area (Å²) in [6.45, 7) is 4.10. The minimum atomic E-state index is 0.364. The highest BCUT2D eigenvalue weighted by Crippen LogP contribution is 2.38. The fourth-order valence-corrected chi connectivity index (χ4v) is 2.48. The summed E-state index contributed by atoms with van der Waals surface area (Å²) in [4.78, 5) is 0. The normalized spacial score (nSPS) is 33.3. The van der Waals surface area contributed by atoms with Gasteiger partial charge in [0.2, 0.25) is 5.88 Å². The van der Waals surface area contributed by atoms with Crippen LogP contribution in [-0.2, 0) is 0 Å². The molecule has 1 saturated heterocycles. The maximum Gasteiger partial charge on any atom is 0.233 e. The molecule has 1 N–H and O–H groups in total.